The monoisotopic (exact) mass is 298 g/mol. The normalized spacial score (nSPS) is 18.2. The van der Waals surface area contributed by atoms with Crippen LogP contribution < -0.4 is 5.32 Å². The molecule has 5 nitrogen and oxygen atoms in total. The number of rotatable bonds is 7. The van der Waals surface area contributed by atoms with Crippen molar-refractivity contribution >= 4 is 11.9 Å². The molecule has 0 radical (unpaired) electrons. The molecule has 1 amide bonds. The molecule has 0 heterocycles. The van der Waals surface area contributed by atoms with Crippen molar-refractivity contribution in [1.82, 2.24) is 10.2 Å². The number of likely N-dealkylation sites (N-methyl/N-ethyl adjacent to an activating group) is 1. The van der Waals surface area contributed by atoms with Crippen LogP contribution >= 0.6 is 0 Å². The van der Waals surface area contributed by atoms with Crippen LogP contribution in [0.15, 0.2) is 0 Å². The Hall–Kier alpha value is -1.10. The van der Waals surface area contributed by atoms with E-state index in [1.54, 1.807) is 6.92 Å². The molecule has 0 spiro atoms. The molecule has 122 valence electrons. The molecular weight excluding hydrogens is 268 g/mol. The first-order chi connectivity index (χ1) is 9.68. The molecule has 1 rings (SSSR count). The number of esters is 1. The second-order valence-electron chi connectivity index (χ2n) is 7.04. The summed E-state index contributed by atoms with van der Waals surface area (Å²) in [4.78, 5) is 26.7. The second-order valence-corrected chi connectivity index (χ2v) is 7.04. The Morgan fingerprint density at radius 3 is 2.33 bits per heavy atom. The summed E-state index contributed by atoms with van der Waals surface area (Å²) in [5.41, 5.74) is -0.456. The molecule has 0 saturated heterocycles. The van der Waals surface area contributed by atoms with Crippen LogP contribution in [0, 0.1) is 11.3 Å². The molecule has 2 atom stereocenters. The third kappa shape index (κ3) is 5.30. The number of nitrogens with zero attached hydrogens (tertiary/aromatic N) is 1. The molecule has 0 aromatic carbocycles. The van der Waals surface area contributed by atoms with E-state index in [0.717, 1.165) is 0 Å². The van der Waals surface area contributed by atoms with Gasteiger partial charge in [-0.25, -0.2) is 0 Å². The summed E-state index contributed by atoms with van der Waals surface area (Å²) in [6, 6.07) is 0.921. The fourth-order valence-electron chi connectivity index (χ4n) is 2.42. The number of hydrogen-bond donors (Lipinski definition) is 1. The number of amides is 1. The lowest BCUT2D eigenvalue weighted by Gasteiger charge is -2.29. The first-order valence-corrected chi connectivity index (χ1v) is 7.84. The van der Waals surface area contributed by atoms with Crippen LogP contribution in [0.3, 0.4) is 0 Å². The van der Waals surface area contributed by atoms with Gasteiger partial charge in [0.1, 0.15) is 5.92 Å². The van der Waals surface area contributed by atoms with Crippen LogP contribution in [0.25, 0.3) is 0 Å². The molecule has 0 aromatic rings. The predicted octanol–water partition coefficient (Wildman–Crippen LogP) is 1.81. The maximum Gasteiger partial charge on any atom is 0.319 e. The zero-order chi connectivity index (χ0) is 16.2. The minimum Gasteiger partial charge on any atom is -0.465 e. The maximum atomic E-state index is 12.4. The SMILES string of the molecule is CCOC(=O)C(C(=O)NCC(C)N(C)C1CC1)C(C)(C)C. The standard InChI is InChI=1S/C16H30N2O3/c1-7-21-15(20)13(16(3,4)5)14(19)17-10-11(2)18(6)12-8-9-12/h11-13H,7-10H2,1-6H3,(H,17,19). The Balaban J connectivity index is 2.57. The van der Waals surface area contributed by atoms with E-state index in [4.69, 9.17) is 4.74 Å². The molecule has 0 aliphatic heterocycles. The van der Waals surface area contributed by atoms with E-state index in [1.165, 1.54) is 12.8 Å². The van der Waals surface area contributed by atoms with Gasteiger partial charge in [-0.05, 0) is 39.2 Å². The van der Waals surface area contributed by atoms with E-state index in [9.17, 15) is 9.59 Å². The smallest absolute Gasteiger partial charge is 0.319 e. The van der Waals surface area contributed by atoms with Crippen molar-refractivity contribution in [3.05, 3.63) is 0 Å². The molecule has 1 saturated carbocycles. The highest BCUT2D eigenvalue weighted by atomic mass is 16.5. The molecule has 2 unspecified atom stereocenters. The molecule has 1 aliphatic carbocycles. The van der Waals surface area contributed by atoms with E-state index in [1.807, 2.05) is 20.8 Å². The van der Waals surface area contributed by atoms with Crippen molar-refractivity contribution in [1.29, 1.82) is 0 Å². The van der Waals surface area contributed by atoms with Gasteiger partial charge >= 0.3 is 5.97 Å². The average molecular weight is 298 g/mol. The third-order valence-electron chi connectivity index (χ3n) is 4.04. The van der Waals surface area contributed by atoms with E-state index in [0.29, 0.717) is 19.2 Å². The summed E-state index contributed by atoms with van der Waals surface area (Å²) < 4.78 is 5.04. The Morgan fingerprint density at radius 2 is 1.90 bits per heavy atom. The van der Waals surface area contributed by atoms with Crippen molar-refractivity contribution in [3.63, 3.8) is 0 Å². The molecule has 0 aromatic heterocycles. The van der Waals surface area contributed by atoms with Crippen LogP contribution in [0.5, 0.6) is 0 Å². The summed E-state index contributed by atoms with van der Waals surface area (Å²) in [5.74, 6) is -1.45. The molecule has 0 bridgehead atoms. The minimum atomic E-state index is -0.768. The molecule has 5 heteroatoms. The lowest BCUT2D eigenvalue weighted by Crippen LogP contribution is -2.47. The average Bonchev–Trinajstić information content (AvgIpc) is 3.17. The van der Waals surface area contributed by atoms with Crippen molar-refractivity contribution in [2.75, 3.05) is 20.2 Å². The molecule has 1 fully saturated rings. The van der Waals surface area contributed by atoms with Crippen LogP contribution in [0.2, 0.25) is 0 Å². The Bertz CT molecular complexity index is 372. The number of carbonyl (C=O) groups is 2. The molecule has 1 aliphatic rings. The maximum absolute atomic E-state index is 12.4. The number of carbonyl (C=O) groups excluding carboxylic acids is 2. The van der Waals surface area contributed by atoms with E-state index in [-0.39, 0.29) is 11.9 Å². The highest BCUT2D eigenvalue weighted by Crippen LogP contribution is 2.28. The topological polar surface area (TPSA) is 58.6 Å². The summed E-state index contributed by atoms with van der Waals surface area (Å²) in [6.45, 7) is 10.3. The highest BCUT2D eigenvalue weighted by molar-refractivity contribution is 5.98. The van der Waals surface area contributed by atoms with Crippen molar-refractivity contribution < 1.29 is 14.3 Å². The van der Waals surface area contributed by atoms with Gasteiger partial charge in [0, 0.05) is 18.6 Å². The second kappa shape index (κ2) is 7.25. The summed E-state index contributed by atoms with van der Waals surface area (Å²) >= 11 is 0. The Morgan fingerprint density at radius 1 is 1.33 bits per heavy atom. The molecule has 1 N–H and O–H groups in total. The largest absolute Gasteiger partial charge is 0.465 e. The molecular formula is C16H30N2O3. The summed E-state index contributed by atoms with van der Waals surface area (Å²) in [7, 11) is 2.08. The fraction of sp³-hybridized carbons (Fsp3) is 0.875. The number of ether oxygens (including phenoxy) is 1. The van der Waals surface area contributed by atoms with Crippen molar-refractivity contribution in [2.45, 2.75) is 59.5 Å². The van der Waals surface area contributed by atoms with Crippen LogP contribution in [-0.2, 0) is 14.3 Å². The van der Waals surface area contributed by atoms with Gasteiger partial charge in [0.15, 0.2) is 0 Å². The van der Waals surface area contributed by atoms with Gasteiger partial charge in [-0.3, -0.25) is 14.5 Å². The first-order valence-electron chi connectivity index (χ1n) is 7.84. The van der Waals surface area contributed by atoms with Gasteiger partial charge in [-0.15, -0.1) is 0 Å². The Labute approximate surface area is 128 Å². The predicted molar refractivity (Wildman–Crippen MR) is 82.8 cm³/mol. The summed E-state index contributed by atoms with van der Waals surface area (Å²) in [5, 5.41) is 2.91. The van der Waals surface area contributed by atoms with Gasteiger partial charge < -0.3 is 10.1 Å². The highest BCUT2D eigenvalue weighted by Gasteiger charge is 2.39. The number of hydrogen-bond acceptors (Lipinski definition) is 4. The van der Waals surface area contributed by atoms with Crippen LogP contribution in [-0.4, -0.2) is 49.1 Å². The van der Waals surface area contributed by atoms with Gasteiger partial charge in [0.25, 0.3) is 0 Å². The van der Waals surface area contributed by atoms with Gasteiger partial charge in [-0.1, -0.05) is 20.8 Å². The third-order valence-corrected chi connectivity index (χ3v) is 4.04. The van der Waals surface area contributed by atoms with E-state index in [2.05, 4.69) is 24.2 Å². The van der Waals surface area contributed by atoms with Gasteiger partial charge in [0.2, 0.25) is 5.91 Å². The first kappa shape index (κ1) is 18.0. The lowest BCUT2D eigenvalue weighted by molar-refractivity contribution is -0.156. The lowest BCUT2D eigenvalue weighted by atomic mass is 9.80. The van der Waals surface area contributed by atoms with Crippen molar-refractivity contribution in [2.24, 2.45) is 11.3 Å². The van der Waals surface area contributed by atoms with Crippen LogP contribution in [0.1, 0.15) is 47.5 Å². The summed E-state index contributed by atoms with van der Waals surface area (Å²) in [6.07, 6.45) is 2.48. The van der Waals surface area contributed by atoms with Gasteiger partial charge in [-0.2, -0.15) is 0 Å². The van der Waals surface area contributed by atoms with Crippen LogP contribution in [0.4, 0.5) is 0 Å². The zero-order valence-electron chi connectivity index (χ0n) is 14.2. The van der Waals surface area contributed by atoms with E-state index >= 15 is 0 Å². The zero-order valence-corrected chi connectivity index (χ0v) is 14.2. The van der Waals surface area contributed by atoms with Gasteiger partial charge in [0.05, 0.1) is 6.61 Å². The minimum absolute atomic E-state index is 0.239. The van der Waals surface area contributed by atoms with E-state index < -0.39 is 17.3 Å². The Kier molecular flexibility index (Phi) is 6.20. The van der Waals surface area contributed by atoms with Crippen molar-refractivity contribution in [3.8, 4) is 0 Å². The fourth-order valence-corrected chi connectivity index (χ4v) is 2.42. The molecule has 21 heavy (non-hydrogen) atoms. The number of nitrogens with one attached hydrogen (secondary N) is 1. The quantitative estimate of drug-likeness (QED) is 0.575.